The molecular weight excluding hydrogens is 726 g/mol. The first-order valence-corrected chi connectivity index (χ1v) is 20.3. The van der Waals surface area contributed by atoms with Crippen LogP contribution in [0.1, 0.15) is 83.3 Å². The van der Waals surface area contributed by atoms with E-state index >= 15 is 0 Å². The van der Waals surface area contributed by atoms with Gasteiger partial charge in [-0.25, -0.2) is 9.97 Å². The molecule has 4 aliphatic carbocycles. The highest BCUT2D eigenvalue weighted by molar-refractivity contribution is 6.64. The van der Waals surface area contributed by atoms with E-state index in [1.807, 2.05) is 74.8 Å². The van der Waals surface area contributed by atoms with Gasteiger partial charge in [-0.3, -0.25) is 9.59 Å². The van der Waals surface area contributed by atoms with Crippen molar-refractivity contribution in [3.8, 4) is 0 Å². The molecule has 4 saturated carbocycles. The molecule has 2 aromatic heterocycles. The topological polar surface area (TPSA) is 175 Å². The molecule has 0 aliphatic heterocycles. The van der Waals surface area contributed by atoms with E-state index in [9.17, 15) is 9.59 Å². The van der Waals surface area contributed by atoms with Gasteiger partial charge in [-0.2, -0.15) is 9.97 Å². The van der Waals surface area contributed by atoms with Crippen LogP contribution in [0.4, 0.5) is 46.3 Å². The Balaban J connectivity index is 0.000000165. The lowest BCUT2D eigenvalue weighted by atomic mass is 10.2. The first-order chi connectivity index (χ1) is 27.0. The fraction of sp³-hybridized carbons (Fsp3) is 0.476. The molecule has 56 heavy (non-hydrogen) atoms. The summed E-state index contributed by atoms with van der Waals surface area (Å²) in [6.45, 7) is 14.1. The van der Waals surface area contributed by atoms with E-state index in [4.69, 9.17) is 17.3 Å². The molecule has 8 rings (SSSR count). The van der Waals surface area contributed by atoms with Gasteiger partial charge in [0, 0.05) is 70.2 Å². The quantitative estimate of drug-likeness (QED) is 0.0531. The summed E-state index contributed by atoms with van der Waals surface area (Å²) >= 11 is 5.04. The van der Waals surface area contributed by atoms with Gasteiger partial charge >= 0.3 is 0 Å². The van der Waals surface area contributed by atoms with Gasteiger partial charge in [0.1, 0.15) is 11.6 Å². The Kier molecular flexibility index (Phi) is 15.6. The van der Waals surface area contributed by atoms with E-state index in [-0.39, 0.29) is 23.0 Å². The van der Waals surface area contributed by atoms with E-state index in [2.05, 4.69) is 72.2 Å². The molecule has 0 bridgehead atoms. The Bertz CT molecular complexity index is 1850. The normalized spacial score (nSPS) is 15.4. The number of aryl methyl sites for hydroxylation is 2. The molecule has 0 saturated heterocycles. The Labute approximate surface area is 336 Å². The number of amides is 1. The van der Waals surface area contributed by atoms with Gasteiger partial charge in [0.25, 0.3) is 0 Å². The average Bonchev–Trinajstić information content (AvgIpc) is 3.99. The minimum Gasteiger partial charge on any atom is -0.399 e. The molecule has 7 N–H and O–H groups in total. The number of rotatable bonds is 14. The van der Waals surface area contributed by atoms with E-state index < -0.39 is 0 Å². The number of halogens is 1. The van der Waals surface area contributed by atoms with Crippen molar-refractivity contribution in [2.45, 2.75) is 98.1 Å². The molecule has 2 aromatic carbocycles. The zero-order chi connectivity index (χ0) is 40.0. The van der Waals surface area contributed by atoms with Crippen LogP contribution < -0.4 is 32.3 Å². The first-order valence-electron chi connectivity index (χ1n) is 20.0. The van der Waals surface area contributed by atoms with Gasteiger partial charge in [-0.1, -0.05) is 20.8 Å². The van der Waals surface area contributed by atoms with Crippen LogP contribution in [-0.2, 0) is 9.59 Å². The summed E-state index contributed by atoms with van der Waals surface area (Å²) in [6.07, 6.45) is 12.6. The maximum absolute atomic E-state index is 11.8. The summed E-state index contributed by atoms with van der Waals surface area (Å²) in [7, 11) is 0. The predicted octanol–water partition coefficient (Wildman–Crippen LogP) is 8.65. The molecule has 14 heteroatoms. The standard InChI is InChI=1S/C18H21N5O.C14H17N5.C6H15N.C4H5ClO/c1-11-10-19-18(23-16(11)20-13-4-5-13)22-15-8-6-14(7-9-15)21-17(24)12-2-3-12;1-9-8-16-14(19-13(9)17-11-6-7-11)18-12-4-2-10(15)3-5-12;1-4-7(5-2)6-3;5-4(6)3-1-2-3/h6-10,12-13H,2-5H2,1H3,(H,21,24)(H2,19,20,22,23);2-5,8,11H,6-7,15H2,1H3,(H2,16,17,18,19);4-6H2,1-3H3;3H,1-2H2. The number of nitrogens with one attached hydrogen (secondary N) is 5. The maximum atomic E-state index is 11.8. The number of nitrogens with two attached hydrogens (primary N) is 1. The average molecular weight is 784 g/mol. The Morgan fingerprint density at radius 2 is 1.07 bits per heavy atom. The van der Waals surface area contributed by atoms with Crippen molar-refractivity contribution >= 4 is 69.0 Å². The molecule has 13 nitrogen and oxygen atoms in total. The predicted molar refractivity (Wildman–Crippen MR) is 229 cm³/mol. The highest BCUT2D eigenvalue weighted by atomic mass is 35.5. The van der Waals surface area contributed by atoms with E-state index in [1.54, 1.807) is 0 Å². The van der Waals surface area contributed by atoms with Crippen molar-refractivity contribution < 1.29 is 9.59 Å². The molecule has 2 heterocycles. The summed E-state index contributed by atoms with van der Waals surface area (Å²) < 4.78 is 0. The number of aromatic nitrogens is 4. The number of benzene rings is 2. The van der Waals surface area contributed by atoms with Crippen molar-refractivity contribution in [3.63, 3.8) is 0 Å². The van der Waals surface area contributed by atoms with Gasteiger partial charge in [-0.05, 0) is 145 Å². The van der Waals surface area contributed by atoms with E-state index in [0.29, 0.717) is 24.0 Å². The van der Waals surface area contributed by atoms with Crippen LogP contribution in [0, 0.1) is 25.7 Å². The summed E-state index contributed by atoms with van der Waals surface area (Å²) in [6, 6.07) is 16.3. The minimum absolute atomic E-state index is 0.119. The third kappa shape index (κ3) is 14.9. The van der Waals surface area contributed by atoms with Crippen LogP contribution in [-0.4, -0.2) is 67.7 Å². The number of nitrogens with zero attached hydrogens (tertiary/aromatic N) is 5. The molecule has 0 atom stereocenters. The minimum atomic E-state index is -0.157. The van der Waals surface area contributed by atoms with Gasteiger partial charge in [0.2, 0.25) is 23.0 Å². The van der Waals surface area contributed by atoms with Gasteiger partial charge in [0.05, 0.1) is 0 Å². The zero-order valence-corrected chi connectivity index (χ0v) is 34.1. The van der Waals surface area contributed by atoms with Crippen LogP contribution in [0.5, 0.6) is 0 Å². The lowest BCUT2D eigenvalue weighted by Gasteiger charge is -2.13. The highest BCUT2D eigenvalue weighted by Crippen LogP contribution is 2.32. The monoisotopic (exact) mass is 783 g/mol. The van der Waals surface area contributed by atoms with E-state index in [0.717, 1.165) is 71.2 Å². The van der Waals surface area contributed by atoms with Crippen molar-refractivity contribution in [3.05, 3.63) is 72.1 Å². The Morgan fingerprint density at radius 1 is 0.661 bits per heavy atom. The second kappa shape index (κ2) is 20.8. The number of hydrogen-bond donors (Lipinski definition) is 6. The van der Waals surface area contributed by atoms with Crippen LogP contribution in [0.15, 0.2) is 60.9 Å². The lowest BCUT2D eigenvalue weighted by Crippen LogP contribution is -2.21. The van der Waals surface area contributed by atoms with Gasteiger partial charge in [-0.15, -0.1) is 0 Å². The first kappa shape index (κ1) is 42.1. The molecule has 4 aromatic rings. The van der Waals surface area contributed by atoms with Crippen molar-refractivity contribution in [1.82, 2.24) is 24.8 Å². The summed E-state index contributed by atoms with van der Waals surface area (Å²) in [5.41, 5.74) is 11.1. The number of anilines is 8. The highest BCUT2D eigenvalue weighted by Gasteiger charge is 2.29. The molecule has 0 radical (unpaired) electrons. The third-order valence-electron chi connectivity index (χ3n) is 9.54. The SMILES string of the molecule is CCN(CC)CC.Cc1cnc(Nc2ccc(N)cc2)nc1NC1CC1.Cc1cnc(Nc2ccc(NC(=O)C3CC3)cc2)nc1NC1CC1.O=C(Cl)C1CC1. The number of nitrogen functional groups attached to an aromatic ring is 1. The van der Waals surface area contributed by atoms with Gasteiger partial charge in [0.15, 0.2) is 0 Å². The summed E-state index contributed by atoms with van der Waals surface area (Å²) in [5, 5.41) is 16.0. The Hall–Kier alpha value is -5.01. The van der Waals surface area contributed by atoms with Gasteiger partial charge < -0.3 is 37.2 Å². The third-order valence-corrected chi connectivity index (χ3v) is 9.85. The van der Waals surface area contributed by atoms with Crippen molar-refractivity contribution in [2.24, 2.45) is 11.8 Å². The van der Waals surface area contributed by atoms with Crippen LogP contribution in [0.25, 0.3) is 0 Å². The molecular formula is C42H58ClN11O2. The summed E-state index contributed by atoms with van der Waals surface area (Å²) in [4.78, 5) is 41.8. The number of carbonyl (C=O) groups excluding carboxylic acids is 2. The number of carbonyl (C=O) groups is 2. The molecule has 4 aliphatic rings. The molecule has 0 spiro atoms. The molecule has 300 valence electrons. The van der Waals surface area contributed by atoms with Crippen molar-refractivity contribution in [2.75, 3.05) is 52.0 Å². The smallest absolute Gasteiger partial charge is 0.229 e. The molecule has 4 fully saturated rings. The number of hydrogen-bond acceptors (Lipinski definition) is 12. The molecule has 1 amide bonds. The summed E-state index contributed by atoms with van der Waals surface area (Å²) in [5.74, 6) is 3.52. The zero-order valence-electron chi connectivity index (χ0n) is 33.4. The maximum Gasteiger partial charge on any atom is 0.229 e. The van der Waals surface area contributed by atoms with E-state index in [1.165, 1.54) is 45.3 Å². The van der Waals surface area contributed by atoms with Crippen LogP contribution in [0.2, 0.25) is 0 Å². The fourth-order valence-electron chi connectivity index (χ4n) is 5.17. The second-order valence-electron chi connectivity index (χ2n) is 14.7. The molecule has 0 unspecified atom stereocenters. The van der Waals surface area contributed by atoms with Crippen molar-refractivity contribution in [1.29, 1.82) is 0 Å². The van der Waals surface area contributed by atoms with Crippen LogP contribution in [0.3, 0.4) is 0 Å². The lowest BCUT2D eigenvalue weighted by molar-refractivity contribution is -0.117. The van der Waals surface area contributed by atoms with Crippen LogP contribution >= 0.6 is 11.6 Å². The Morgan fingerprint density at radius 3 is 1.41 bits per heavy atom. The second-order valence-corrected chi connectivity index (χ2v) is 15.1. The largest absolute Gasteiger partial charge is 0.399 e. The fourth-order valence-corrected chi connectivity index (χ4v) is 5.39.